The Morgan fingerprint density at radius 2 is 2.50 bits per heavy atom. The predicted molar refractivity (Wildman–Crippen MR) is 30.4 cm³/mol. The maximum Gasteiger partial charge on any atom is 0.254 e. The maximum absolute atomic E-state index is 6.74. The molecule has 2 nitrogen and oxygen atoms in total. The van der Waals surface area contributed by atoms with Crippen LogP contribution in [-0.2, 0) is 4.74 Å². The molecule has 0 bridgehead atoms. The molecular formula is C6H9NO. The van der Waals surface area contributed by atoms with E-state index in [1.54, 1.807) is 0 Å². The molecule has 2 heteroatoms. The summed E-state index contributed by atoms with van der Waals surface area (Å²) in [6.45, 7) is 10.1. The van der Waals surface area contributed by atoms with Gasteiger partial charge in [0, 0.05) is 6.92 Å². The van der Waals surface area contributed by atoms with Crippen LogP contribution in [-0.4, -0.2) is 18.8 Å². The Morgan fingerprint density at radius 3 is 2.75 bits per heavy atom. The summed E-state index contributed by atoms with van der Waals surface area (Å²) in [4.78, 5) is 3.44. The smallest absolute Gasteiger partial charge is 0.254 e. The lowest BCUT2D eigenvalue weighted by molar-refractivity contribution is 0.187. The molecule has 8 heavy (non-hydrogen) atoms. The van der Waals surface area contributed by atoms with Gasteiger partial charge in [-0.05, 0) is 0 Å². The van der Waals surface area contributed by atoms with E-state index in [2.05, 4.69) is 4.85 Å². The highest BCUT2D eigenvalue weighted by Gasteiger charge is 2.35. The Morgan fingerprint density at radius 1 is 1.75 bits per heavy atom. The van der Waals surface area contributed by atoms with Gasteiger partial charge >= 0.3 is 0 Å². The summed E-state index contributed by atoms with van der Waals surface area (Å²) in [6, 6.07) is 0. The molecule has 0 aliphatic carbocycles. The summed E-state index contributed by atoms with van der Waals surface area (Å²) < 4.78 is 5.04. The topological polar surface area (TPSA) is 13.6 Å². The van der Waals surface area contributed by atoms with Gasteiger partial charge in [-0.3, -0.25) is 0 Å². The van der Waals surface area contributed by atoms with E-state index in [0.717, 1.165) is 13.0 Å². The van der Waals surface area contributed by atoms with Crippen LogP contribution in [0.5, 0.6) is 0 Å². The van der Waals surface area contributed by atoms with Crippen LogP contribution < -0.4 is 0 Å². The minimum atomic E-state index is -0.194. The maximum atomic E-state index is 6.74. The summed E-state index contributed by atoms with van der Waals surface area (Å²) in [5.74, 6) is 0. The summed E-state index contributed by atoms with van der Waals surface area (Å²) >= 11 is 0. The average molecular weight is 111 g/mol. The van der Waals surface area contributed by atoms with Gasteiger partial charge in [-0.1, -0.05) is 0 Å². The molecule has 0 amide bonds. The Balaban J connectivity index is 2.56. The third-order valence-corrected chi connectivity index (χ3v) is 1.47. The molecular weight excluding hydrogens is 102 g/mol. The lowest BCUT2D eigenvalue weighted by Gasteiger charge is -2.03. The van der Waals surface area contributed by atoms with Gasteiger partial charge < -0.3 is 9.58 Å². The highest BCUT2D eigenvalue weighted by Crippen LogP contribution is 2.21. The van der Waals surface area contributed by atoms with Crippen molar-refractivity contribution in [1.29, 1.82) is 0 Å². The third-order valence-electron chi connectivity index (χ3n) is 1.47. The fraction of sp³-hybridized carbons (Fsp3) is 0.833. The van der Waals surface area contributed by atoms with Crippen molar-refractivity contribution >= 4 is 0 Å². The van der Waals surface area contributed by atoms with Crippen molar-refractivity contribution in [3.63, 3.8) is 0 Å². The van der Waals surface area contributed by atoms with Crippen molar-refractivity contribution in [3.05, 3.63) is 11.4 Å². The highest BCUT2D eigenvalue weighted by molar-refractivity contribution is 4.96. The first-order valence-electron chi connectivity index (χ1n) is 2.73. The van der Waals surface area contributed by atoms with Crippen LogP contribution in [0.4, 0.5) is 0 Å². The van der Waals surface area contributed by atoms with Crippen LogP contribution in [0.15, 0.2) is 0 Å². The van der Waals surface area contributed by atoms with Crippen molar-refractivity contribution in [2.24, 2.45) is 0 Å². The van der Waals surface area contributed by atoms with E-state index in [-0.39, 0.29) is 5.54 Å². The first kappa shape index (κ1) is 5.58. The van der Waals surface area contributed by atoms with Crippen LogP contribution in [0.3, 0.4) is 0 Å². The van der Waals surface area contributed by atoms with Crippen molar-refractivity contribution in [2.45, 2.75) is 18.9 Å². The van der Waals surface area contributed by atoms with Crippen molar-refractivity contribution < 1.29 is 4.74 Å². The molecule has 1 heterocycles. The Hall–Kier alpha value is -0.550. The molecule has 0 unspecified atom stereocenters. The zero-order chi connectivity index (χ0) is 6.04. The van der Waals surface area contributed by atoms with Gasteiger partial charge in [-0.25, -0.2) is 6.57 Å². The lowest BCUT2D eigenvalue weighted by Crippen LogP contribution is -2.18. The summed E-state index contributed by atoms with van der Waals surface area (Å²) in [7, 11) is 0. The van der Waals surface area contributed by atoms with Gasteiger partial charge in [-0.2, -0.15) is 0 Å². The molecule has 1 aliphatic rings. The van der Waals surface area contributed by atoms with E-state index in [1.165, 1.54) is 0 Å². The van der Waals surface area contributed by atoms with E-state index in [9.17, 15) is 0 Å². The number of nitrogens with zero attached hydrogens (tertiary/aromatic N) is 1. The van der Waals surface area contributed by atoms with Crippen LogP contribution >= 0.6 is 0 Å². The average Bonchev–Trinajstić information content (AvgIpc) is 2.17. The quantitative estimate of drug-likeness (QED) is 0.426. The Labute approximate surface area is 49.3 Å². The minimum Gasteiger partial charge on any atom is -0.373 e. The van der Waals surface area contributed by atoms with Gasteiger partial charge in [0.2, 0.25) is 0 Å². The Bertz CT molecular complexity index is 119. The first-order valence-corrected chi connectivity index (χ1v) is 2.73. The summed E-state index contributed by atoms with van der Waals surface area (Å²) in [6.07, 6.45) is 0.899. The molecule has 0 aromatic carbocycles. The van der Waals surface area contributed by atoms with Gasteiger partial charge in [0.25, 0.3) is 5.54 Å². The van der Waals surface area contributed by atoms with Crippen LogP contribution in [0.25, 0.3) is 4.85 Å². The second-order valence-electron chi connectivity index (χ2n) is 2.41. The molecule has 0 saturated carbocycles. The zero-order valence-corrected chi connectivity index (χ0v) is 4.98. The Kier molecular flexibility index (Phi) is 1.22. The standard InChI is InChI=1S/C6H9NO/c1-6(7-2)3-4-8-5-6/h3-5H2,1H3/t6-/m0/s1. The minimum absolute atomic E-state index is 0.194. The molecule has 44 valence electrons. The van der Waals surface area contributed by atoms with E-state index >= 15 is 0 Å². The fourth-order valence-electron chi connectivity index (χ4n) is 0.744. The van der Waals surface area contributed by atoms with Gasteiger partial charge in [0.05, 0.1) is 13.0 Å². The van der Waals surface area contributed by atoms with Gasteiger partial charge in [0.1, 0.15) is 6.61 Å². The number of ether oxygens (including phenoxy) is 1. The monoisotopic (exact) mass is 111 g/mol. The van der Waals surface area contributed by atoms with E-state index in [0.29, 0.717) is 6.61 Å². The van der Waals surface area contributed by atoms with Gasteiger partial charge in [-0.15, -0.1) is 0 Å². The van der Waals surface area contributed by atoms with Crippen LogP contribution in [0.1, 0.15) is 13.3 Å². The largest absolute Gasteiger partial charge is 0.373 e. The molecule has 0 spiro atoms. The van der Waals surface area contributed by atoms with E-state index in [1.807, 2.05) is 6.92 Å². The molecule has 0 N–H and O–H groups in total. The molecule has 0 radical (unpaired) electrons. The fourth-order valence-corrected chi connectivity index (χ4v) is 0.744. The molecule has 0 aromatic rings. The first-order chi connectivity index (χ1) is 3.77. The molecule has 1 aliphatic heterocycles. The van der Waals surface area contributed by atoms with E-state index in [4.69, 9.17) is 11.3 Å². The van der Waals surface area contributed by atoms with E-state index < -0.39 is 0 Å². The second kappa shape index (κ2) is 1.75. The number of hydrogen-bond acceptors (Lipinski definition) is 1. The normalized spacial score (nSPS) is 37.0. The highest BCUT2D eigenvalue weighted by atomic mass is 16.5. The molecule has 1 fully saturated rings. The third kappa shape index (κ3) is 0.823. The van der Waals surface area contributed by atoms with Crippen LogP contribution in [0.2, 0.25) is 0 Å². The predicted octanol–water partition coefficient (Wildman–Crippen LogP) is 1.08. The van der Waals surface area contributed by atoms with Crippen LogP contribution in [0, 0.1) is 6.57 Å². The van der Waals surface area contributed by atoms with Crippen molar-refractivity contribution in [2.75, 3.05) is 13.2 Å². The molecule has 1 saturated heterocycles. The number of hydrogen-bond donors (Lipinski definition) is 0. The van der Waals surface area contributed by atoms with Crippen molar-refractivity contribution in [3.8, 4) is 0 Å². The van der Waals surface area contributed by atoms with Crippen molar-refractivity contribution in [1.82, 2.24) is 0 Å². The van der Waals surface area contributed by atoms with Gasteiger partial charge in [0.15, 0.2) is 0 Å². The molecule has 1 rings (SSSR count). The summed E-state index contributed by atoms with van der Waals surface area (Å²) in [5, 5.41) is 0. The number of rotatable bonds is 0. The molecule has 1 atom stereocenters. The molecule has 0 aromatic heterocycles. The lowest BCUT2D eigenvalue weighted by atomic mass is 10.0. The summed E-state index contributed by atoms with van der Waals surface area (Å²) in [5.41, 5.74) is -0.194. The zero-order valence-electron chi connectivity index (χ0n) is 4.98. The second-order valence-corrected chi connectivity index (χ2v) is 2.41. The SMILES string of the molecule is [C-]#[N+][C@@]1(C)CCOC1.